The van der Waals surface area contributed by atoms with Crippen molar-refractivity contribution in [2.75, 3.05) is 38.5 Å². The van der Waals surface area contributed by atoms with Crippen LogP contribution in [0, 0.1) is 18.3 Å². The molecule has 0 bridgehead atoms. The molecular weight excluding hydrogens is 426 g/mol. The Balaban J connectivity index is 1.45. The molecule has 0 atom stereocenters. The third-order valence-electron chi connectivity index (χ3n) is 5.09. The van der Waals surface area contributed by atoms with E-state index in [1.165, 1.54) is 11.3 Å². The molecule has 1 aliphatic heterocycles. The van der Waals surface area contributed by atoms with Crippen molar-refractivity contribution >= 4 is 29.0 Å². The standard InChI is InChI=1S/C21H23N9OS/c1-14-9-15(10-16(26-14)12-29-5-7-30(8-6-29)21(31)23-2)27-20-24-4-3-17(28-20)19-18(11-22)32-13-25-19/h3-4,9-10,13H,5-8,12H2,1-2H3,(H,23,31)(H,24,26,27,28). The van der Waals surface area contributed by atoms with Gasteiger partial charge in [-0.3, -0.25) is 9.88 Å². The SMILES string of the molecule is CNC(=O)N1CCN(Cc2cc(Nc3nccc(-c4ncsc4C#N)n3)cc(C)n2)CC1. The lowest BCUT2D eigenvalue weighted by atomic mass is 10.2. The number of hydrogen-bond donors (Lipinski definition) is 2. The van der Waals surface area contributed by atoms with Gasteiger partial charge in [-0.05, 0) is 25.1 Å². The maximum absolute atomic E-state index is 11.8. The summed E-state index contributed by atoms with van der Waals surface area (Å²) in [5, 5.41) is 15.2. The van der Waals surface area contributed by atoms with Gasteiger partial charge in [0.25, 0.3) is 0 Å². The second-order valence-corrected chi connectivity index (χ2v) is 8.19. The topological polar surface area (TPSA) is 123 Å². The molecule has 11 heteroatoms. The van der Waals surface area contributed by atoms with Crippen molar-refractivity contribution in [1.82, 2.24) is 35.1 Å². The van der Waals surface area contributed by atoms with Gasteiger partial charge in [0.15, 0.2) is 0 Å². The molecule has 164 valence electrons. The predicted octanol–water partition coefficient (Wildman–Crippen LogP) is 2.38. The summed E-state index contributed by atoms with van der Waals surface area (Å²) in [5.41, 5.74) is 5.45. The number of aromatic nitrogens is 4. The first kappa shape index (κ1) is 21.6. The van der Waals surface area contributed by atoms with Crippen LogP contribution in [0.3, 0.4) is 0 Å². The number of carbonyl (C=O) groups is 1. The number of thiazole rings is 1. The smallest absolute Gasteiger partial charge is 0.317 e. The minimum Gasteiger partial charge on any atom is -0.341 e. The van der Waals surface area contributed by atoms with Gasteiger partial charge < -0.3 is 15.5 Å². The first-order valence-electron chi connectivity index (χ1n) is 10.2. The van der Waals surface area contributed by atoms with Crippen LogP contribution in [0.1, 0.15) is 16.3 Å². The van der Waals surface area contributed by atoms with E-state index < -0.39 is 0 Å². The van der Waals surface area contributed by atoms with E-state index in [4.69, 9.17) is 0 Å². The zero-order valence-corrected chi connectivity index (χ0v) is 18.7. The molecule has 0 unspecified atom stereocenters. The van der Waals surface area contributed by atoms with Gasteiger partial charge in [-0.1, -0.05) is 0 Å². The summed E-state index contributed by atoms with van der Waals surface area (Å²) in [4.78, 5) is 34.1. The summed E-state index contributed by atoms with van der Waals surface area (Å²) < 4.78 is 0. The van der Waals surface area contributed by atoms with Crippen molar-refractivity contribution in [3.05, 3.63) is 46.2 Å². The molecule has 1 saturated heterocycles. The van der Waals surface area contributed by atoms with Crippen LogP contribution in [-0.4, -0.2) is 69.0 Å². The molecule has 4 heterocycles. The van der Waals surface area contributed by atoms with E-state index >= 15 is 0 Å². The zero-order chi connectivity index (χ0) is 22.5. The van der Waals surface area contributed by atoms with Crippen molar-refractivity contribution < 1.29 is 4.79 Å². The number of anilines is 2. The molecule has 3 aromatic rings. The largest absolute Gasteiger partial charge is 0.341 e. The van der Waals surface area contributed by atoms with Crippen molar-refractivity contribution in [1.29, 1.82) is 5.26 Å². The first-order valence-corrected chi connectivity index (χ1v) is 11.0. The van der Waals surface area contributed by atoms with Crippen LogP contribution < -0.4 is 10.6 Å². The van der Waals surface area contributed by atoms with Gasteiger partial charge in [0.2, 0.25) is 5.95 Å². The highest BCUT2D eigenvalue weighted by molar-refractivity contribution is 7.10. The van der Waals surface area contributed by atoms with E-state index in [1.807, 2.05) is 24.0 Å². The number of carbonyl (C=O) groups excluding carboxylic acids is 1. The molecule has 0 spiro atoms. The normalized spacial score (nSPS) is 14.1. The Labute approximate surface area is 190 Å². The van der Waals surface area contributed by atoms with E-state index in [9.17, 15) is 10.1 Å². The number of amides is 2. The number of nitrogens with zero attached hydrogens (tertiary/aromatic N) is 7. The molecule has 0 saturated carbocycles. The van der Waals surface area contributed by atoms with Crippen molar-refractivity contribution in [3.63, 3.8) is 0 Å². The number of aryl methyl sites for hydroxylation is 1. The van der Waals surface area contributed by atoms with Crippen molar-refractivity contribution in [2.24, 2.45) is 0 Å². The van der Waals surface area contributed by atoms with Gasteiger partial charge in [0.05, 0.1) is 16.9 Å². The highest BCUT2D eigenvalue weighted by Crippen LogP contribution is 2.24. The van der Waals surface area contributed by atoms with Gasteiger partial charge in [0, 0.05) is 57.3 Å². The third-order valence-corrected chi connectivity index (χ3v) is 5.82. The Morgan fingerprint density at radius 3 is 2.78 bits per heavy atom. The van der Waals surface area contributed by atoms with E-state index in [1.54, 1.807) is 24.8 Å². The predicted molar refractivity (Wildman–Crippen MR) is 121 cm³/mol. The molecule has 10 nitrogen and oxygen atoms in total. The Morgan fingerprint density at radius 2 is 2.03 bits per heavy atom. The Bertz CT molecular complexity index is 1150. The average Bonchev–Trinajstić information content (AvgIpc) is 3.28. The fourth-order valence-electron chi connectivity index (χ4n) is 3.57. The number of nitriles is 1. The van der Waals surface area contributed by atoms with Gasteiger partial charge >= 0.3 is 6.03 Å². The fourth-order valence-corrected chi connectivity index (χ4v) is 4.16. The molecule has 2 N–H and O–H groups in total. The van der Waals surface area contributed by atoms with Crippen molar-refractivity contribution in [3.8, 4) is 17.5 Å². The van der Waals surface area contributed by atoms with Gasteiger partial charge in [-0.15, -0.1) is 11.3 Å². The maximum atomic E-state index is 11.8. The molecule has 2 amide bonds. The lowest BCUT2D eigenvalue weighted by molar-refractivity contribution is 0.135. The highest BCUT2D eigenvalue weighted by Gasteiger charge is 2.20. The molecule has 3 aromatic heterocycles. The van der Waals surface area contributed by atoms with Crippen molar-refractivity contribution in [2.45, 2.75) is 13.5 Å². The monoisotopic (exact) mass is 449 g/mol. The van der Waals surface area contributed by atoms with Crippen LogP contribution in [0.2, 0.25) is 0 Å². The zero-order valence-electron chi connectivity index (χ0n) is 17.9. The van der Waals surface area contributed by atoms with Crippen LogP contribution in [0.4, 0.5) is 16.4 Å². The van der Waals surface area contributed by atoms with E-state index in [0.717, 1.165) is 30.2 Å². The number of rotatable bonds is 5. The van der Waals surface area contributed by atoms with Crippen LogP contribution in [0.25, 0.3) is 11.4 Å². The summed E-state index contributed by atoms with van der Waals surface area (Å²) in [6.07, 6.45) is 1.64. The minimum atomic E-state index is -0.0356. The number of piperazine rings is 1. The highest BCUT2D eigenvalue weighted by atomic mass is 32.1. The first-order chi connectivity index (χ1) is 15.6. The van der Waals surface area contributed by atoms with Crippen LogP contribution in [0.5, 0.6) is 0 Å². The Kier molecular flexibility index (Phi) is 6.53. The lowest BCUT2D eigenvalue weighted by Crippen LogP contribution is -2.50. The van der Waals surface area contributed by atoms with Crippen LogP contribution >= 0.6 is 11.3 Å². The minimum absolute atomic E-state index is 0.0356. The number of urea groups is 1. The summed E-state index contributed by atoms with van der Waals surface area (Å²) in [7, 11) is 1.65. The van der Waals surface area contributed by atoms with Gasteiger partial charge in [0.1, 0.15) is 16.6 Å². The molecule has 32 heavy (non-hydrogen) atoms. The number of hydrogen-bond acceptors (Lipinski definition) is 9. The summed E-state index contributed by atoms with van der Waals surface area (Å²) in [6, 6.07) is 7.77. The second-order valence-electron chi connectivity index (χ2n) is 7.34. The average molecular weight is 450 g/mol. The van der Waals surface area contributed by atoms with E-state index in [2.05, 4.69) is 41.5 Å². The molecule has 0 aromatic carbocycles. The number of pyridine rings is 1. The molecule has 0 aliphatic carbocycles. The van der Waals surface area contributed by atoms with Crippen LogP contribution in [-0.2, 0) is 6.54 Å². The molecule has 1 aliphatic rings. The maximum Gasteiger partial charge on any atom is 0.317 e. The van der Waals surface area contributed by atoms with E-state index in [-0.39, 0.29) is 6.03 Å². The number of nitrogens with one attached hydrogen (secondary N) is 2. The molecular formula is C21H23N9OS. The summed E-state index contributed by atoms with van der Waals surface area (Å²) in [5.74, 6) is 0.426. The second kappa shape index (κ2) is 9.67. The Morgan fingerprint density at radius 1 is 1.22 bits per heavy atom. The fraction of sp³-hybridized carbons (Fsp3) is 0.333. The third kappa shape index (κ3) is 4.99. The summed E-state index contributed by atoms with van der Waals surface area (Å²) >= 11 is 1.29. The molecule has 1 fully saturated rings. The Hall–Kier alpha value is -3.62. The summed E-state index contributed by atoms with van der Waals surface area (Å²) in [6.45, 7) is 5.63. The van der Waals surface area contributed by atoms with Gasteiger partial charge in [-0.25, -0.2) is 19.7 Å². The quantitative estimate of drug-likeness (QED) is 0.609. The van der Waals surface area contributed by atoms with E-state index in [0.29, 0.717) is 41.8 Å². The molecule has 0 radical (unpaired) electrons. The lowest BCUT2D eigenvalue weighted by Gasteiger charge is -2.34. The molecule has 4 rings (SSSR count). The van der Waals surface area contributed by atoms with Crippen LogP contribution in [0.15, 0.2) is 29.9 Å². The van der Waals surface area contributed by atoms with Gasteiger partial charge in [-0.2, -0.15) is 5.26 Å².